The summed E-state index contributed by atoms with van der Waals surface area (Å²) in [5.41, 5.74) is 6.88. The van der Waals surface area contributed by atoms with Gasteiger partial charge in [-0.15, -0.1) is 0 Å². The summed E-state index contributed by atoms with van der Waals surface area (Å²) in [5.74, 6) is 4.98. The van der Waals surface area contributed by atoms with E-state index in [1.807, 2.05) is 0 Å². The molecule has 2 nitrogen and oxygen atoms in total. The topological polar surface area (TPSA) is 29.3 Å². The van der Waals surface area contributed by atoms with E-state index in [2.05, 4.69) is 11.8 Å². The van der Waals surface area contributed by atoms with Crippen molar-refractivity contribution in [3.05, 3.63) is 0 Å². The zero-order valence-electron chi connectivity index (χ0n) is 13.9. The van der Waals surface area contributed by atoms with E-state index in [-0.39, 0.29) is 0 Å². The highest BCUT2D eigenvalue weighted by Crippen LogP contribution is 2.60. The maximum absolute atomic E-state index is 6.47. The Bertz CT molecular complexity index is 342. The molecule has 0 radical (unpaired) electrons. The van der Waals surface area contributed by atoms with Crippen molar-refractivity contribution < 1.29 is 0 Å². The van der Waals surface area contributed by atoms with Gasteiger partial charge in [0, 0.05) is 12.1 Å². The first-order valence-electron chi connectivity index (χ1n) is 9.71. The molecule has 1 heterocycles. The third-order valence-corrected chi connectivity index (χ3v) is 7.78. The van der Waals surface area contributed by atoms with Gasteiger partial charge in [0.2, 0.25) is 0 Å². The van der Waals surface area contributed by atoms with E-state index < -0.39 is 0 Å². The van der Waals surface area contributed by atoms with Gasteiger partial charge in [-0.1, -0.05) is 19.8 Å². The fourth-order valence-electron chi connectivity index (χ4n) is 7.03. The maximum Gasteiger partial charge on any atom is 0.0388 e. The highest BCUT2D eigenvalue weighted by molar-refractivity contribution is 5.13. The highest BCUT2D eigenvalue weighted by Gasteiger charge is 2.58. The van der Waals surface area contributed by atoms with Gasteiger partial charge in [0.15, 0.2) is 0 Å². The Kier molecular flexibility index (Phi) is 3.82. The summed E-state index contributed by atoms with van der Waals surface area (Å²) in [6.45, 7) is 5.94. The van der Waals surface area contributed by atoms with Gasteiger partial charge in [-0.2, -0.15) is 0 Å². The Morgan fingerprint density at radius 2 is 1.52 bits per heavy atom. The molecule has 5 rings (SSSR count). The van der Waals surface area contributed by atoms with E-state index in [4.69, 9.17) is 5.73 Å². The molecule has 21 heavy (non-hydrogen) atoms. The average molecular weight is 290 g/mol. The number of rotatable bonds is 4. The number of nitrogens with two attached hydrogens (primary N) is 1. The highest BCUT2D eigenvalue weighted by atomic mass is 15.2. The Morgan fingerprint density at radius 3 is 2.00 bits per heavy atom. The van der Waals surface area contributed by atoms with Crippen molar-refractivity contribution in [2.24, 2.45) is 35.3 Å². The molecule has 1 aliphatic heterocycles. The van der Waals surface area contributed by atoms with E-state index in [0.29, 0.717) is 5.54 Å². The van der Waals surface area contributed by atoms with Crippen LogP contribution in [0.2, 0.25) is 0 Å². The van der Waals surface area contributed by atoms with Crippen LogP contribution in [-0.2, 0) is 0 Å². The van der Waals surface area contributed by atoms with Crippen LogP contribution in [0.5, 0.6) is 0 Å². The molecule has 0 aromatic carbocycles. The predicted molar refractivity (Wildman–Crippen MR) is 88.0 cm³/mol. The molecule has 4 saturated carbocycles. The van der Waals surface area contributed by atoms with Crippen LogP contribution in [0.15, 0.2) is 0 Å². The maximum atomic E-state index is 6.47. The lowest BCUT2D eigenvalue weighted by Crippen LogP contribution is -2.70. The largest absolute Gasteiger partial charge is 0.329 e. The lowest BCUT2D eigenvalue weighted by molar-refractivity contribution is -0.138. The SMILES string of the molecule is CCCC1CCN(C2(CN)C3CC4CC(C3)CC2C4)CC1. The van der Waals surface area contributed by atoms with Crippen LogP contribution in [0.3, 0.4) is 0 Å². The first-order valence-corrected chi connectivity index (χ1v) is 9.71. The second-order valence-corrected chi connectivity index (χ2v) is 8.72. The summed E-state index contributed by atoms with van der Waals surface area (Å²) in [4.78, 5) is 2.90. The monoisotopic (exact) mass is 290 g/mol. The molecule has 2 heteroatoms. The smallest absolute Gasteiger partial charge is 0.0388 e. The third-order valence-electron chi connectivity index (χ3n) is 7.78. The molecule has 120 valence electrons. The third kappa shape index (κ3) is 2.20. The van der Waals surface area contributed by atoms with Gasteiger partial charge in [0.25, 0.3) is 0 Å². The fourth-order valence-corrected chi connectivity index (χ4v) is 7.03. The van der Waals surface area contributed by atoms with E-state index >= 15 is 0 Å². The minimum atomic E-state index is 0.407. The number of piperidine rings is 1. The van der Waals surface area contributed by atoms with Gasteiger partial charge in [0.1, 0.15) is 0 Å². The first-order chi connectivity index (χ1) is 10.3. The van der Waals surface area contributed by atoms with Crippen molar-refractivity contribution >= 4 is 0 Å². The van der Waals surface area contributed by atoms with Gasteiger partial charge in [-0.3, -0.25) is 4.90 Å². The zero-order chi connectivity index (χ0) is 14.4. The van der Waals surface area contributed by atoms with E-state index in [9.17, 15) is 0 Å². The summed E-state index contributed by atoms with van der Waals surface area (Å²) >= 11 is 0. The molecule has 1 saturated heterocycles. The van der Waals surface area contributed by atoms with Gasteiger partial charge in [-0.25, -0.2) is 0 Å². The molecule has 0 aromatic heterocycles. The second kappa shape index (κ2) is 5.53. The van der Waals surface area contributed by atoms with E-state index in [1.165, 1.54) is 64.5 Å². The van der Waals surface area contributed by atoms with Crippen LogP contribution in [0.4, 0.5) is 0 Å². The van der Waals surface area contributed by atoms with E-state index in [0.717, 1.165) is 36.1 Å². The molecule has 0 atom stereocenters. The van der Waals surface area contributed by atoms with Crippen LogP contribution in [-0.4, -0.2) is 30.1 Å². The molecule has 4 bridgehead atoms. The Hall–Kier alpha value is -0.0800. The molecule has 2 N–H and O–H groups in total. The molecule has 5 aliphatic rings. The molecule has 0 amide bonds. The molecule has 5 fully saturated rings. The quantitative estimate of drug-likeness (QED) is 0.856. The number of nitrogens with zero attached hydrogens (tertiary/aromatic N) is 1. The number of hydrogen-bond donors (Lipinski definition) is 1. The van der Waals surface area contributed by atoms with Crippen molar-refractivity contribution in [3.63, 3.8) is 0 Å². The minimum absolute atomic E-state index is 0.407. The minimum Gasteiger partial charge on any atom is -0.329 e. The molecular formula is C19H34N2. The Morgan fingerprint density at radius 1 is 0.952 bits per heavy atom. The second-order valence-electron chi connectivity index (χ2n) is 8.72. The van der Waals surface area contributed by atoms with Crippen LogP contribution in [0, 0.1) is 29.6 Å². The van der Waals surface area contributed by atoms with Crippen LogP contribution < -0.4 is 5.73 Å². The molecule has 4 aliphatic carbocycles. The standard InChI is InChI=1S/C19H34N2/c1-2-3-14-4-6-21(7-5-14)19(13-20)17-9-15-8-16(11-17)12-18(19)10-15/h14-18H,2-13,20H2,1H3. The van der Waals surface area contributed by atoms with Crippen molar-refractivity contribution in [2.45, 2.75) is 70.3 Å². The summed E-state index contributed by atoms with van der Waals surface area (Å²) < 4.78 is 0. The lowest BCUT2D eigenvalue weighted by Gasteiger charge is -2.65. The summed E-state index contributed by atoms with van der Waals surface area (Å²) in [6, 6.07) is 0. The Labute approximate surface area is 130 Å². The average Bonchev–Trinajstić information content (AvgIpc) is 2.49. The Balaban J connectivity index is 1.52. The van der Waals surface area contributed by atoms with Crippen molar-refractivity contribution in [1.82, 2.24) is 4.90 Å². The molecule has 0 spiro atoms. The summed E-state index contributed by atoms with van der Waals surface area (Å²) in [5, 5.41) is 0. The van der Waals surface area contributed by atoms with Crippen molar-refractivity contribution in [3.8, 4) is 0 Å². The van der Waals surface area contributed by atoms with Gasteiger partial charge in [0.05, 0.1) is 0 Å². The zero-order valence-corrected chi connectivity index (χ0v) is 13.9. The van der Waals surface area contributed by atoms with Crippen molar-refractivity contribution in [1.29, 1.82) is 0 Å². The lowest BCUT2D eigenvalue weighted by atomic mass is 9.48. The predicted octanol–water partition coefficient (Wildman–Crippen LogP) is 3.65. The first kappa shape index (κ1) is 14.5. The van der Waals surface area contributed by atoms with Gasteiger partial charge < -0.3 is 5.73 Å². The summed E-state index contributed by atoms with van der Waals surface area (Å²) in [6.07, 6.45) is 13.2. The van der Waals surface area contributed by atoms with E-state index in [1.54, 1.807) is 6.42 Å². The van der Waals surface area contributed by atoms with Gasteiger partial charge in [-0.05, 0) is 87.6 Å². The molecule has 0 unspecified atom stereocenters. The fraction of sp³-hybridized carbons (Fsp3) is 1.00. The van der Waals surface area contributed by atoms with Crippen LogP contribution in [0.1, 0.15) is 64.7 Å². The number of likely N-dealkylation sites (tertiary alicyclic amines) is 1. The molecule has 0 aromatic rings. The van der Waals surface area contributed by atoms with Crippen LogP contribution in [0.25, 0.3) is 0 Å². The van der Waals surface area contributed by atoms with Crippen LogP contribution >= 0.6 is 0 Å². The summed E-state index contributed by atoms with van der Waals surface area (Å²) in [7, 11) is 0. The number of hydrogen-bond acceptors (Lipinski definition) is 2. The van der Waals surface area contributed by atoms with Crippen molar-refractivity contribution in [2.75, 3.05) is 19.6 Å². The van der Waals surface area contributed by atoms with Gasteiger partial charge >= 0.3 is 0 Å². The molecular weight excluding hydrogens is 256 g/mol. The normalized spacial score (nSPS) is 47.1.